The Morgan fingerprint density at radius 1 is 1.62 bits per heavy atom. The number of amides is 1. The normalized spacial score (nSPS) is 9.77. The summed E-state index contributed by atoms with van der Waals surface area (Å²) in [4.78, 5) is 16.9. The highest BCUT2D eigenvalue weighted by Crippen LogP contribution is 2.02. The first kappa shape index (κ1) is 9.67. The molecule has 70 valence electrons. The first-order valence-electron chi connectivity index (χ1n) is 4.02. The lowest BCUT2D eigenvalue weighted by atomic mass is 10.2. The van der Waals surface area contributed by atoms with Crippen LogP contribution in [0.15, 0.2) is 18.3 Å². The van der Waals surface area contributed by atoms with Crippen molar-refractivity contribution in [1.82, 2.24) is 9.88 Å². The average Bonchev–Trinajstić information content (AvgIpc) is 2.16. The van der Waals surface area contributed by atoms with E-state index in [1.807, 2.05) is 0 Å². The number of nitrogens with two attached hydrogens (primary N) is 1. The van der Waals surface area contributed by atoms with Crippen molar-refractivity contribution >= 4 is 5.91 Å². The summed E-state index contributed by atoms with van der Waals surface area (Å²) in [6, 6.07) is 3.51. The van der Waals surface area contributed by atoms with Gasteiger partial charge in [-0.3, -0.25) is 9.78 Å². The minimum atomic E-state index is -0.102. The summed E-state index contributed by atoms with van der Waals surface area (Å²) in [6.45, 7) is 0.427. The fourth-order valence-electron chi connectivity index (χ4n) is 0.947. The quantitative estimate of drug-likeness (QED) is 0.707. The van der Waals surface area contributed by atoms with Gasteiger partial charge in [0.05, 0.1) is 0 Å². The number of carbonyl (C=O) groups is 1. The van der Waals surface area contributed by atoms with Crippen LogP contribution in [0.5, 0.6) is 0 Å². The van der Waals surface area contributed by atoms with E-state index in [0.29, 0.717) is 12.2 Å². The van der Waals surface area contributed by atoms with E-state index in [4.69, 9.17) is 5.73 Å². The van der Waals surface area contributed by atoms with E-state index in [9.17, 15) is 4.79 Å². The SMILES string of the molecule is CN(C)C(=O)c1cc(CN)ccn1. The highest BCUT2D eigenvalue weighted by atomic mass is 16.2. The van der Waals surface area contributed by atoms with E-state index in [0.717, 1.165) is 5.56 Å². The number of carbonyl (C=O) groups excluding carboxylic acids is 1. The van der Waals surface area contributed by atoms with Crippen LogP contribution >= 0.6 is 0 Å². The largest absolute Gasteiger partial charge is 0.343 e. The van der Waals surface area contributed by atoms with Crippen LogP contribution in [0.3, 0.4) is 0 Å². The van der Waals surface area contributed by atoms with Gasteiger partial charge in [0, 0.05) is 26.8 Å². The predicted octanol–water partition coefficient (Wildman–Crippen LogP) is 0.242. The van der Waals surface area contributed by atoms with Gasteiger partial charge in [-0.15, -0.1) is 0 Å². The fraction of sp³-hybridized carbons (Fsp3) is 0.333. The maximum Gasteiger partial charge on any atom is 0.271 e. The smallest absolute Gasteiger partial charge is 0.271 e. The summed E-state index contributed by atoms with van der Waals surface area (Å²) in [5, 5.41) is 0. The van der Waals surface area contributed by atoms with Crippen LogP contribution in [-0.2, 0) is 6.54 Å². The number of pyridine rings is 1. The molecule has 0 unspecified atom stereocenters. The summed E-state index contributed by atoms with van der Waals surface area (Å²) < 4.78 is 0. The van der Waals surface area contributed by atoms with Gasteiger partial charge in [0.1, 0.15) is 5.69 Å². The summed E-state index contributed by atoms with van der Waals surface area (Å²) in [6.07, 6.45) is 1.60. The summed E-state index contributed by atoms with van der Waals surface area (Å²) in [5.74, 6) is -0.102. The van der Waals surface area contributed by atoms with Crippen LogP contribution in [-0.4, -0.2) is 29.9 Å². The molecular formula is C9H13N3O. The highest BCUT2D eigenvalue weighted by Gasteiger charge is 2.08. The Morgan fingerprint density at radius 2 is 2.31 bits per heavy atom. The molecule has 0 saturated heterocycles. The van der Waals surface area contributed by atoms with Gasteiger partial charge in [-0.05, 0) is 17.7 Å². The van der Waals surface area contributed by atoms with Gasteiger partial charge in [-0.2, -0.15) is 0 Å². The molecule has 1 amide bonds. The van der Waals surface area contributed by atoms with E-state index in [1.165, 1.54) is 4.90 Å². The van der Waals surface area contributed by atoms with Gasteiger partial charge in [0.25, 0.3) is 5.91 Å². The third kappa shape index (κ3) is 2.26. The Morgan fingerprint density at radius 3 is 2.85 bits per heavy atom. The number of rotatable bonds is 2. The lowest BCUT2D eigenvalue weighted by Crippen LogP contribution is -2.22. The number of nitrogens with zero attached hydrogens (tertiary/aromatic N) is 2. The zero-order valence-corrected chi connectivity index (χ0v) is 7.82. The van der Waals surface area contributed by atoms with Crippen molar-refractivity contribution in [3.8, 4) is 0 Å². The molecular weight excluding hydrogens is 166 g/mol. The first-order chi connectivity index (χ1) is 6.15. The van der Waals surface area contributed by atoms with Crippen LogP contribution in [0, 0.1) is 0 Å². The molecule has 1 aromatic heterocycles. The summed E-state index contributed by atoms with van der Waals surface area (Å²) in [7, 11) is 3.39. The van der Waals surface area contributed by atoms with Gasteiger partial charge in [0.15, 0.2) is 0 Å². The lowest BCUT2D eigenvalue weighted by Gasteiger charge is -2.09. The van der Waals surface area contributed by atoms with E-state index in [-0.39, 0.29) is 5.91 Å². The average molecular weight is 179 g/mol. The molecule has 0 radical (unpaired) electrons. The molecule has 0 aliphatic heterocycles. The van der Waals surface area contributed by atoms with Crippen LogP contribution in [0.1, 0.15) is 16.1 Å². The molecule has 0 aliphatic rings. The van der Waals surface area contributed by atoms with Crippen molar-refractivity contribution in [3.05, 3.63) is 29.6 Å². The zero-order valence-electron chi connectivity index (χ0n) is 7.82. The molecule has 0 spiro atoms. The number of aromatic nitrogens is 1. The molecule has 0 bridgehead atoms. The Kier molecular flexibility index (Phi) is 2.97. The van der Waals surface area contributed by atoms with Crippen LogP contribution < -0.4 is 5.73 Å². The fourth-order valence-corrected chi connectivity index (χ4v) is 0.947. The molecule has 0 atom stereocenters. The predicted molar refractivity (Wildman–Crippen MR) is 50.1 cm³/mol. The molecule has 1 aromatic rings. The molecule has 4 heteroatoms. The van der Waals surface area contributed by atoms with Gasteiger partial charge in [-0.25, -0.2) is 0 Å². The van der Waals surface area contributed by atoms with Crippen molar-refractivity contribution in [2.75, 3.05) is 14.1 Å². The monoisotopic (exact) mass is 179 g/mol. The summed E-state index contributed by atoms with van der Waals surface area (Å²) in [5.41, 5.74) is 6.80. The lowest BCUT2D eigenvalue weighted by molar-refractivity contribution is 0.0822. The molecule has 1 rings (SSSR count). The van der Waals surface area contributed by atoms with Crippen molar-refractivity contribution in [3.63, 3.8) is 0 Å². The van der Waals surface area contributed by atoms with Crippen molar-refractivity contribution < 1.29 is 4.79 Å². The topological polar surface area (TPSA) is 59.2 Å². The standard InChI is InChI=1S/C9H13N3O/c1-12(2)9(13)8-5-7(6-10)3-4-11-8/h3-5H,6,10H2,1-2H3. The van der Waals surface area contributed by atoms with Crippen molar-refractivity contribution in [1.29, 1.82) is 0 Å². The molecule has 0 saturated carbocycles. The Hall–Kier alpha value is -1.42. The molecule has 1 heterocycles. The second kappa shape index (κ2) is 4.00. The van der Waals surface area contributed by atoms with Gasteiger partial charge in [-0.1, -0.05) is 0 Å². The molecule has 13 heavy (non-hydrogen) atoms. The Balaban J connectivity index is 2.95. The summed E-state index contributed by atoms with van der Waals surface area (Å²) >= 11 is 0. The van der Waals surface area contributed by atoms with Crippen molar-refractivity contribution in [2.24, 2.45) is 5.73 Å². The minimum Gasteiger partial charge on any atom is -0.343 e. The van der Waals surface area contributed by atoms with Gasteiger partial charge < -0.3 is 10.6 Å². The Bertz CT molecular complexity index is 309. The first-order valence-corrected chi connectivity index (χ1v) is 4.02. The second-order valence-electron chi connectivity index (χ2n) is 2.95. The molecule has 0 aromatic carbocycles. The van der Waals surface area contributed by atoms with E-state index < -0.39 is 0 Å². The molecule has 0 aliphatic carbocycles. The number of hydrogen-bond acceptors (Lipinski definition) is 3. The van der Waals surface area contributed by atoms with Crippen molar-refractivity contribution in [2.45, 2.75) is 6.54 Å². The van der Waals surface area contributed by atoms with Crippen LogP contribution in [0.4, 0.5) is 0 Å². The van der Waals surface area contributed by atoms with Crippen LogP contribution in [0.25, 0.3) is 0 Å². The van der Waals surface area contributed by atoms with E-state index >= 15 is 0 Å². The molecule has 4 nitrogen and oxygen atoms in total. The maximum atomic E-state index is 11.4. The third-order valence-corrected chi connectivity index (χ3v) is 1.69. The highest BCUT2D eigenvalue weighted by molar-refractivity contribution is 5.92. The second-order valence-corrected chi connectivity index (χ2v) is 2.95. The van der Waals surface area contributed by atoms with Crippen LogP contribution in [0.2, 0.25) is 0 Å². The van der Waals surface area contributed by atoms with E-state index in [2.05, 4.69) is 4.98 Å². The third-order valence-electron chi connectivity index (χ3n) is 1.69. The number of hydrogen-bond donors (Lipinski definition) is 1. The van der Waals surface area contributed by atoms with Gasteiger partial charge >= 0.3 is 0 Å². The molecule has 0 fully saturated rings. The van der Waals surface area contributed by atoms with E-state index in [1.54, 1.807) is 32.4 Å². The van der Waals surface area contributed by atoms with Gasteiger partial charge in [0.2, 0.25) is 0 Å². The maximum absolute atomic E-state index is 11.4. The zero-order chi connectivity index (χ0) is 9.84. The Labute approximate surface area is 77.4 Å². The molecule has 2 N–H and O–H groups in total. The minimum absolute atomic E-state index is 0.102.